The van der Waals surface area contributed by atoms with E-state index in [1.54, 1.807) is 6.07 Å². The number of nitrogens with two attached hydrogens (primary N) is 1. The lowest BCUT2D eigenvalue weighted by molar-refractivity contribution is 0.161. The van der Waals surface area contributed by atoms with Crippen molar-refractivity contribution in [1.29, 1.82) is 0 Å². The molecule has 0 aliphatic rings. The Kier molecular flexibility index (Phi) is 4.94. The molecule has 0 fully saturated rings. The standard InChI is InChI=1S/C10H19N5O/c1-7(2)3-8(16)5-12-9-4-10(15-11)14-6-13-9/h4,6-8,16H,3,5,11H2,1-2H3,(H2,12,13,14,15). The summed E-state index contributed by atoms with van der Waals surface area (Å²) in [4.78, 5) is 7.89. The summed E-state index contributed by atoms with van der Waals surface area (Å²) in [5, 5.41) is 12.7. The number of rotatable bonds is 6. The Morgan fingerprint density at radius 3 is 2.69 bits per heavy atom. The Labute approximate surface area is 95.3 Å². The summed E-state index contributed by atoms with van der Waals surface area (Å²) < 4.78 is 0. The van der Waals surface area contributed by atoms with Crippen molar-refractivity contribution >= 4 is 11.6 Å². The van der Waals surface area contributed by atoms with Crippen LogP contribution in [-0.2, 0) is 0 Å². The fourth-order valence-corrected chi connectivity index (χ4v) is 1.38. The van der Waals surface area contributed by atoms with Crippen molar-refractivity contribution in [3.8, 4) is 0 Å². The molecule has 1 rings (SSSR count). The Bertz CT molecular complexity index is 318. The summed E-state index contributed by atoms with van der Waals surface area (Å²) >= 11 is 0. The van der Waals surface area contributed by atoms with Crippen molar-refractivity contribution in [2.24, 2.45) is 11.8 Å². The lowest BCUT2D eigenvalue weighted by atomic mass is 10.1. The molecule has 5 N–H and O–H groups in total. The van der Waals surface area contributed by atoms with Crippen LogP contribution in [0.3, 0.4) is 0 Å². The van der Waals surface area contributed by atoms with Crippen LogP contribution >= 0.6 is 0 Å². The lowest BCUT2D eigenvalue weighted by Gasteiger charge is -2.14. The van der Waals surface area contributed by atoms with Crippen LogP contribution in [0.5, 0.6) is 0 Å². The van der Waals surface area contributed by atoms with Crippen molar-refractivity contribution in [2.75, 3.05) is 17.3 Å². The van der Waals surface area contributed by atoms with E-state index in [1.165, 1.54) is 6.33 Å². The summed E-state index contributed by atoms with van der Waals surface area (Å²) in [6, 6.07) is 1.68. The molecule has 0 aliphatic heterocycles. The van der Waals surface area contributed by atoms with Gasteiger partial charge in [0, 0.05) is 12.6 Å². The number of hydrogen-bond acceptors (Lipinski definition) is 6. The number of hydrazine groups is 1. The Morgan fingerprint density at radius 1 is 1.38 bits per heavy atom. The van der Waals surface area contributed by atoms with Gasteiger partial charge in [-0.1, -0.05) is 13.8 Å². The van der Waals surface area contributed by atoms with Gasteiger partial charge in [0.2, 0.25) is 0 Å². The highest BCUT2D eigenvalue weighted by atomic mass is 16.3. The summed E-state index contributed by atoms with van der Waals surface area (Å²) in [5.41, 5.74) is 2.43. The van der Waals surface area contributed by atoms with Gasteiger partial charge >= 0.3 is 0 Å². The maximum absolute atomic E-state index is 9.66. The minimum atomic E-state index is -0.371. The maximum Gasteiger partial charge on any atom is 0.145 e. The molecule has 0 aliphatic carbocycles. The van der Waals surface area contributed by atoms with Crippen LogP contribution in [0.4, 0.5) is 11.6 Å². The first-order valence-electron chi connectivity index (χ1n) is 5.32. The largest absolute Gasteiger partial charge is 0.391 e. The quantitative estimate of drug-likeness (QED) is 0.418. The number of nitrogen functional groups attached to an aromatic ring is 1. The highest BCUT2D eigenvalue weighted by molar-refractivity contribution is 5.45. The third-order valence-corrected chi connectivity index (χ3v) is 2.08. The summed E-state index contributed by atoms with van der Waals surface area (Å²) in [6.45, 7) is 4.62. The third-order valence-electron chi connectivity index (χ3n) is 2.08. The predicted molar refractivity (Wildman–Crippen MR) is 63.8 cm³/mol. The molecule has 0 aromatic carbocycles. The van der Waals surface area contributed by atoms with Crippen molar-refractivity contribution < 1.29 is 5.11 Å². The SMILES string of the molecule is CC(C)CC(O)CNc1cc(NN)ncn1. The van der Waals surface area contributed by atoms with Gasteiger partial charge in [0.15, 0.2) is 0 Å². The van der Waals surface area contributed by atoms with E-state index in [0.717, 1.165) is 6.42 Å². The van der Waals surface area contributed by atoms with E-state index in [2.05, 4.69) is 34.6 Å². The second-order valence-electron chi connectivity index (χ2n) is 4.10. The summed E-state index contributed by atoms with van der Waals surface area (Å²) in [7, 11) is 0. The third kappa shape index (κ3) is 4.41. The van der Waals surface area contributed by atoms with Crippen LogP contribution in [0.15, 0.2) is 12.4 Å². The number of aliphatic hydroxyl groups excluding tert-OH is 1. The molecule has 0 saturated carbocycles. The number of aromatic nitrogens is 2. The topological polar surface area (TPSA) is 96.1 Å². The number of anilines is 2. The molecule has 0 bridgehead atoms. The molecule has 0 amide bonds. The lowest BCUT2D eigenvalue weighted by Crippen LogP contribution is -2.21. The van der Waals surface area contributed by atoms with Crippen LogP contribution < -0.4 is 16.6 Å². The first-order chi connectivity index (χ1) is 7.61. The first kappa shape index (κ1) is 12.7. The van der Waals surface area contributed by atoms with Gasteiger partial charge in [0.25, 0.3) is 0 Å². The van der Waals surface area contributed by atoms with Crippen molar-refractivity contribution in [2.45, 2.75) is 26.4 Å². The molecule has 6 nitrogen and oxygen atoms in total. The highest BCUT2D eigenvalue weighted by Crippen LogP contribution is 2.09. The Balaban J connectivity index is 2.41. The molecule has 1 atom stereocenters. The van der Waals surface area contributed by atoms with Crippen molar-refractivity contribution in [3.63, 3.8) is 0 Å². The van der Waals surface area contributed by atoms with Gasteiger partial charge in [0.05, 0.1) is 6.10 Å². The average molecular weight is 225 g/mol. The average Bonchev–Trinajstić information content (AvgIpc) is 2.26. The van der Waals surface area contributed by atoms with E-state index < -0.39 is 0 Å². The van der Waals surface area contributed by atoms with E-state index in [4.69, 9.17) is 5.84 Å². The van der Waals surface area contributed by atoms with Gasteiger partial charge < -0.3 is 15.8 Å². The van der Waals surface area contributed by atoms with E-state index in [9.17, 15) is 5.11 Å². The molecule has 1 heterocycles. The van der Waals surface area contributed by atoms with E-state index in [0.29, 0.717) is 24.1 Å². The second-order valence-corrected chi connectivity index (χ2v) is 4.10. The van der Waals surface area contributed by atoms with Crippen molar-refractivity contribution in [3.05, 3.63) is 12.4 Å². The molecular weight excluding hydrogens is 206 g/mol. The number of nitrogens with one attached hydrogen (secondary N) is 2. The van der Waals surface area contributed by atoms with Crippen LogP contribution in [0.25, 0.3) is 0 Å². The number of hydrogen-bond donors (Lipinski definition) is 4. The van der Waals surface area contributed by atoms with Gasteiger partial charge in [-0.2, -0.15) is 0 Å². The van der Waals surface area contributed by atoms with Crippen LogP contribution in [0, 0.1) is 5.92 Å². The zero-order valence-electron chi connectivity index (χ0n) is 9.64. The monoisotopic (exact) mass is 225 g/mol. The molecule has 1 unspecified atom stereocenters. The summed E-state index contributed by atoms with van der Waals surface area (Å²) in [6.07, 6.45) is 1.80. The number of aliphatic hydroxyl groups is 1. The molecule has 0 radical (unpaired) electrons. The summed E-state index contributed by atoms with van der Waals surface area (Å²) in [5.74, 6) is 6.88. The van der Waals surface area contributed by atoms with Crippen molar-refractivity contribution in [1.82, 2.24) is 9.97 Å². The Hall–Kier alpha value is -1.40. The molecule has 0 spiro atoms. The second kappa shape index (κ2) is 6.24. The molecule has 1 aromatic heterocycles. The normalized spacial score (nSPS) is 12.6. The fraction of sp³-hybridized carbons (Fsp3) is 0.600. The minimum absolute atomic E-state index is 0.371. The maximum atomic E-state index is 9.66. The zero-order chi connectivity index (χ0) is 12.0. The number of nitrogens with zero attached hydrogens (tertiary/aromatic N) is 2. The molecular formula is C10H19N5O. The fourth-order valence-electron chi connectivity index (χ4n) is 1.38. The van der Waals surface area contributed by atoms with E-state index >= 15 is 0 Å². The molecule has 1 aromatic rings. The zero-order valence-corrected chi connectivity index (χ0v) is 9.64. The minimum Gasteiger partial charge on any atom is -0.391 e. The molecule has 16 heavy (non-hydrogen) atoms. The predicted octanol–water partition coefficient (Wildman–Crippen LogP) is 0.581. The first-order valence-corrected chi connectivity index (χ1v) is 5.32. The van der Waals surface area contributed by atoms with Crippen LogP contribution in [0.2, 0.25) is 0 Å². The highest BCUT2D eigenvalue weighted by Gasteiger charge is 2.07. The van der Waals surface area contributed by atoms with Crippen LogP contribution in [-0.4, -0.2) is 27.7 Å². The van der Waals surface area contributed by atoms with E-state index in [-0.39, 0.29) is 6.10 Å². The smallest absolute Gasteiger partial charge is 0.145 e. The molecule has 90 valence electrons. The van der Waals surface area contributed by atoms with Gasteiger partial charge in [-0.15, -0.1) is 0 Å². The van der Waals surface area contributed by atoms with Gasteiger partial charge in [-0.3, -0.25) is 0 Å². The van der Waals surface area contributed by atoms with E-state index in [1.807, 2.05) is 0 Å². The molecule has 6 heteroatoms. The van der Waals surface area contributed by atoms with Gasteiger partial charge in [0.1, 0.15) is 18.0 Å². The van der Waals surface area contributed by atoms with Crippen LogP contribution in [0.1, 0.15) is 20.3 Å². The molecule has 0 saturated heterocycles. The van der Waals surface area contributed by atoms with Gasteiger partial charge in [-0.05, 0) is 12.3 Å². The van der Waals surface area contributed by atoms with Gasteiger partial charge in [-0.25, -0.2) is 15.8 Å². The Morgan fingerprint density at radius 2 is 2.06 bits per heavy atom.